The van der Waals surface area contributed by atoms with E-state index in [9.17, 15) is 18.0 Å². The summed E-state index contributed by atoms with van der Waals surface area (Å²) >= 11 is 0. The van der Waals surface area contributed by atoms with Gasteiger partial charge in [0.2, 0.25) is 5.88 Å². The molecule has 0 aromatic carbocycles. The first-order valence-electron chi connectivity index (χ1n) is 9.74. The van der Waals surface area contributed by atoms with Gasteiger partial charge in [-0.25, -0.2) is 0 Å². The van der Waals surface area contributed by atoms with Crippen LogP contribution in [-0.2, 0) is 6.18 Å². The fraction of sp³-hybridized carbons (Fsp3) is 0.333. The van der Waals surface area contributed by atoms with Gasteiger partial charge in [0.05, 0.1) is 18.8 Å². The quantitative estimate of drug-likeness (QED) is 0.616. The first kappa shape index (κ1) is 20.8. The standard InChI is InChI=1S/C21H20F3N5O2/c1-4-31-19-16(21(22,23)24)5-6-17(27-19)28-11-13(3)29-18(20(28)30)15(10-26-29)14-7-8-25-12(2)9-14/h5-10,13H,4,11H2,1-3H3. The van der Waals surface area contributed by atoms with Gasteiger partial charge in [0.15, 0.2) is 0 Å². The Labute approximate surface area is 176 Å². The van der Waals surface area contributed by atoms with E-state index in [1.807, 2.05) is 19.9 Å². The van der Waals surface area contributed by atoms with E-state index in [1.165, 1.54) is 11.0 Å². The summed E-state index contributed by atoms with van der Waals surface area (Å²) in [6, 6.07) is 5.51. The predicted octanol–water partition coefficient (Wildman–Crippen LogP) is 4.29. The molecule has 0 aliphatic carbocycles. The third kappa shape index (κ3) is 3.73. The number of hydrogen-bond acceptors (Lipinski definition) is 5. The lowest BCUT2D eigenvalue weighted by Crippen LogP contribution is -2.43. The van der Waals surface area contributed by atoms with E-state index < -0.39 is 23.5 Å². The number of carbonyl (C=O) groups excluding carboxylic acids is 1. The topological polar surface area (TPSA) is 73.1 Å². The summed E-state index contributed by atoms with van der Waals surface area (Å²) in [5, 5.41) is 4.37. The Balaban J connectivity index is 1.78. The molecular formula is C21H20F3N5O2. The molecule has 0 N–H and O–H groups in total. The summed E-state index contributed by atoms with van der Waals surface area (Å²) in [5.74, 6) is -0.843. The van der Waals surface area contributed by atoms with E-state index in [0.717, 1.165) is 17.3 Å². The first-order chi connectivity index (χ1) is 14.7. The normalized spacial score (nSPS) is 16.4. The summed E-state index contributed by atoms with van der Waals surface area (Å²) in [6.45, 7) is 5.53. The second-order valence-electron chi connectivity index (χ2n) is 7.26. The molecule has 0 bridgehead atoms. The van der Waals surface area contributed by atoms with Gasteiger partial charge in [0.25, 0.3) is 5.91 Å². The SMILES string of the molecule is CCOc1nc(N2CC(C)n3ncc(-c4ccnc(C)c4)c3C2=O)ccc1C(F)(F)F. The predicted molar refractivity (Wildman–Crippen MR) is 107 cm³/mol. The van der Waals surface area contributed by atoms with Gasteiger partial charge < -0.3 is 4.74 Å². The van der Waals surface area contributed by atoms with Crippen molar-refractivity contribution < 1.29 is 22.7 Å². The zero-order valence-corrected chi connectivity index (χ0v) is 17.1. The Hall–Kier alpha value is -3.43. The fourth-order valence-electron chi connectivity index (χ4n) is 3.63. The average Bonchev–Trinajstić information content (AvgIpc) is 3.16. The van der Waals surface area contributed by atoms with E-state index in [1.54, 1.807) is 30.1 Å². The van der Waals surface area contributed by atoms with Crippen molar-refractivity contribution in [2.75, 3.05) is 18.1 Å². The Kier molecular flexibility index (Phi) is 5.16. The van der Waals surface area contributed by atoms with Crippen LogP contribution in [0.15, 0.2) is 36.7 Å². The number of alkyl halides is 3. The van der Waals surface area contributed by atoms with E-state index in [2.05, 4.69) is 15.1 Å². The molecule has 1 amide bonds. The number of anilines is 1. The summed E-state index contributed by atoms with van der Waals surface area (Å²) in [5.41, 5.74) is 1.57. The van der Waals surface area contributed by atoms with E-state index in [-0.39, 0.29) is 25.0 Å². The van der Waals surface area contributed by atoms with Crippen molar-refractivity contribution in [2.45, 2.75) is 33.0 Å². The number of hydrogen-bond donors (Lipinski definition) is 0. The zero-order chi connectivity index (χ0) is 22.3. The molecule has 3 aromatic heterocycles. The van der Waals surface area contributed by atoms with Crippen molar-refractivity contribution in [3.05, 3.63) is 53.6 Å². The van der Waals surface area contributed by atoms with Crippen molar-refractivity contribution in [1.29, 1.82) is 0 Å². The highest BCUT2D eigenvalue weighted by atomic mass is 19.4. The highest BCUT2D eigenvalue weighted by molar-refractivity contribution is 6.09. The van der Waals surface area contributed by atoms with Crippen LogP contribution in [0.25, 0.3) is 11.1 Å². The zero-order valence-electron chi connectivity index (χ0n) is 17.1. The maximum atomic E-state index is 13.4. The number of fused-ring (bicyclic) bond motifs is 1. The first-order valence-corrected chi connectivity index (χ1v) is 9.74. The Bertz CT molecular complexity index is 1140. The molecule has 4 rings (SSSR count). The average molecular weight is 431 g/mol. The molecule has 0 spiro atoms. The van der Waals surface area contributed by atoms with Crippen LogP contribution < -0.4 is 9.64 Å². The molecule has 31 heavy (non-hydrogen) atoms. The third-order valence-electron chi connectivity index (χ3n) is 5.02. The molecule has 0 saturated carbocycles. The van der Waals surface area contributed by atoms with Crippen LogP contribution in [0.4, 0.5) is 19.0 Å². The van der Waals surface area contributed by atoms with Crippen molar-refractivity contribution >= 4 is 11.7 Å². The Morgan fingerprint density at radius 2 is 2.03 bits per heavy atom. The van der Waals surface area contributed by atoms with Crippen LogP contribution in [-0.4, -0.2) is 38.8 Å². The number of carbonyl (C=O) groups is 1. The van der Waals surface area contributed by atoms with Gasteiger partial charge in [0.1, 0.15) is 17.1 Å². The van der Waals surface area contributed by atoms with Gasteiger partial charge in [-0.2, -0.15) is 23.3 Å². The molecule has 4 heterocycles. The number of ether oxygens (including phenoxy) is 1. The fourth-order valence-corrected chi connectivity index (χ4v) is 3.63. The van der Waals surface area contributed by atoms with Crippen LogP contribution in [0.1, 0.15) is 41.6 Å². The number of aryl methyl sites for hydroxylation is 1. The van der Waals surface area contributed by atoms with Gasteiger partial charge >= 0.3 is 6.18 Å². The number of rotatable bonds is 4. The van der Waals surface area contributed by atoms with Gasteiger partial charge in [-0.3, -0.25) is 19.4 Å². The van der Waals surface area contributed by atoms with E-state index in [0.29, 0.717) is 11.3 Å². The summed E-state index contributed by atoms with van der Waals surface area (Å²) < 4.78 is 46.6. The van der Waals surface area contributed by atoms with Crippen molar-refractivity contribution in [3.63, 3.8) is 0 Å². The molecule has 0 radical (unpaired) electrons. The van der Waals surface area contributed by atoms with Crippen LogP contribution in [0.3, 0.4) is 0 Å². The highest BCUT2D eigenvalue weighted by Crippen LogP contribution is 2.38. The van der Waals surface area contributed by atoms with E-state index in [4.69, 9.17) is 4.74 Å². The van der Waals surface area contributed by atoms with Crippen LogP contribution in [0, 0.1) is 6.92 Å². The molecule has 1 aliphatic heterocycles. The van der Waals surface area contributed by atoms with Crippen molar-refractivity contribution in [1.82, 2.24) is 19.7 Å². The lowest BCUT2D eigenvalue weighted by Gasteiger charge is -2.32. The van der Waals surface area contributed by atoms with Crippen LogP contribution in [0.5, 0.6) is 5.88 Å². The van der Waals surface area contributed by atoms with Gasteiger partial charge in [-0.05, 0) is 50.6 Å². The smallest absolute Gasteiger partial charge is 0.421 e. The largest absolute Gasteiger partial charge is 0.477 e. The molecule has 162 valence electrons. The van der Waals surface area contributed by atoms with Gasteiger partial charge in [-0.15, -0.1) is 0 Å². The number of aromatic nitrogens is 4. The van der Waals surface area contributed by atoms with Crippen LogP contribution in [0.2, 0.25) is 0 Å². The van der Waals surface area contributed by atoms with Gasteiger partial charge in [0, 0.05) is 24.0 Å². The van der Waals surface area contributed by atoms with Gasteiger partial charge in [-0.1, -0.05) is 0 Å². The second kappa shape index (κ2) is 7.68. The van der Waals surface area contributed by atoms with Crippen molar-refractivity contribution in [2.24, 2.45) is 0 Å². The molecule has 7 nitrogen and oxygen atoms in total. The lowest BCUT2D eigenvalue weighted by atomic mass is 10.0. The molecule has 1 atom stereocenters. The lowest BCUT2D eigenvalue weighted by molar-refractivity contribution is -0.139. The monoisotopic (exact) mass is 431 g/mol. The molecule has 3 aromatic rings. The third-order valence-corrected chi connectivity index (χ3v) is 5.02. The molecule has 1 aliphatic rings. The van der Waals surface area contributed by atoms with Crippen LogP contribution >= 0.6 is 0 Å². The maximum absolute atomic E-state index is 13.4. The van der Waals surface area contributed by atoms with Crippen molar-refractivity contribution in [3.8, 4) is 17.0 Å². The second-order valence-corrected chi connectivity index (χ2v) is 7.26. The molecule has 0 fully saturated rings. The number of halogens is 3. The minimum atomic E-state index is -4.61. The summed E-state index contributed by atoms with van der Waals surface area (Å²) in [4.78, 5) is 23.0. The molecule has 1 unspecified atom stereocenters. The maximum Gasteiger partial charge on any atom is 0.421 e. The minimum Gasteiger partial charge on any atom is -0.477 e. The summed E-state index contributed by atoms with van der Waals surface area (Å²) in [6.07, 6.45) is -1.34. The molecule has 0 saturated heterocycles. The number of pyridine rings is 2. The van der Waals surface area contributed by atoms with E-state index >= 15 is 0 Å². The summed E-state index contributed by atoms with van der Waals surface area (Å²) in [7, 11) is 0. The molecule has 10 heteroatoms. The number of nitrogens with zero attached hydrogens (tertiary/aromatic N) is 5. The Morgan fingerprint density at radius 1 is 1.26 bits per heavy atom. The minimum absolute atomic E-state index is 0.0161. The Morgan fingerprint density at radius 3 is 2.71 bits per heavy atom. The molecular weight excluding hydrogens is 411 g/mol. The number of amides is 1. The highest BCUT2D eigenvalue weighted by Gasteiger charge is 2.38.